The second kappa shape index (κ2) is 5.77. The van der Waals surface area contributed by atoms with Crippen LogP contribution >= 0.6 is 23.2 Å². The van der Waals surface area contributed by atoms with E-state index in [0.717, 1.165) is 33.3 Å². The first-order chi connectivity index (χ1) is 11.3. The van der Waals surface area contributed by atoms with Gasteiger partial charge >= 0.3 is 0 Å². The number of halogens is 2. The first-order valence-electron chi connectivity index (χ1n) is 7.36. The van der Waals surface area contributed by atoms with Gasteiger partial charge in [0.05, 0.1) is 21.3 Å². The summed E-state index contributed by atoms with van der Waals surface area (Å²) in [7, 11) is 0. The minimum Gasteiger partial charge on any atom is -0.353 e. The molecule has 0 saturated heterocycles. The van der Waals surface area contributed by atoms with Gasteiger partial charge < -0.3 is 4.98 Å². The summed E-state index contributed by atoms with van der Waals surface area (Å²) in [4.78, 5) is 3.47. The Morgan fingerprint density at radius 2 is 1.26 bits per heavy atom. The van der Waals surface area contributed by atoms with Crippen LogP contribution in [0.25, 0.3) is 33.3 Å². The standard InChI is InChI=1S/C20H13Cl2N/c21-16-12-11-15-17(13-7-3-1-4-8-13)19(23-20(15)18(16)22)14-9-5-2-6-10-14/h1-12,23H. The third-order valence-electron chi connectivity index (χ3n) is 3.99. The SMILES string of the molecule is Clc1ccc2c(-c3ccccc3)c(-c3ccccc3)[nH]c2c1Cl. The molecular formula is C20H13Cl2N. The zero-order valence-electron chi connectivity index (χ0n) is 12.2. The molecule has 112 valence electrons. The van der Waals surface area contributed by atoms with Crippen molar-refractivity contribution in [3.63, 3.8) is 0 Å². The summed E-state index contributed by atoms with van der Waals surface area (Å²) in [5, 5.41) is 2.19. The predicted molar refractivity (Wildman–Crippen MR) is 99.2 cm³/mol. The molecule has 1 aromatic heterocycles. The molecule has 0 amide bonds. The zero-order valence-corrected chi connectivity index (χ0v) is 13.7. The Hall–Kier alpha value is -2.22. The Kier molecular flexibility index (Phi) is 3.60. The van der Waals surface area contributed by atoms with Gasteiger partial charge in [0.1, 0.15) is 0 Å². The van der Waals surface area contributed by atoms with Crippen molar-refractivity contribution < 1.29 is 0 Å². The van der Waals surface area contributed by atoms with Crippen LogP contribution in [0.2, 0.25) is 10.0 Å². The van der Waals surface area contributed by atoms with E-state index < -0.39 is 0 Å². The van der Waals surface area contributed by atoms with E-state index in [4.69, 9.17) is 23.2 Å². The topological polar surface area (TPSA) is 15.8 Å². The van der Waals surface area contributed by atoms with Crippen LogP contribution in [0.15, 0.2) is 72.8 Å². The van der Waals surface area contributed by atoms with Crippen LogP contribution in [0.3, 0.4) is 0 Å². The summed E-state index contributed by atoms with van der Waals surface area (Å²) in [5.41, 5.74) is 5.34. The number of nitrogens with one attached hydrogen (secondary N) is 1. The molecule has 0 atom stereocenters. The van der Waals surface area contributed by atoms with Crippen molar-refractivity contribution in [2.75, 3.05) is 0 Å². The summed E-state index contributed by atoms with van der Waals surface area (Å²) in [6.45, 7) is 0. The van der Waals surface area contributed by atoms with Gasteiger partial charge in [0.25, 0.3) is 0 Å². The van der Waals surface area contributed by atoms with Crippen LogP contribution in [-0.2, 0) is 0 Å². The first-order valence-corrected chi connectivity index (χ1v) is 8.12. The van der Waals surface area contributed by atoms with Crippen LogP contribution in [0.1, 0.15) is 0 Å². The van der Waals surface area contributed by atoms with Gasteiger partial charge in [-0.05, 0) is 17.2 Å². The van der Waals surface area contributed by atoms with Crippen LogP contribution in [-0.4, -0.2) is 4.98 Å². The quantitative estimate of drug-likeness (QED) is 0.413. The van der Waals surface area contributed by atoms with Crippen LogP contribution in [0.5, 0.6) is 0 Å². The highest BCUT2D eigenvalue weighted by molar-refractivity contribution is 6.45. The molecule has 0 saturated carbocycles. The Balaban J connectivity index is 2.11. The lowest BCUT2D eigenvalue weighted by atomic mass is 9.98. The average Bonchev–Trinajstić information content (AvgIpc) is 3.00. The minimum absolute atomic E-state index is 0.555. The van der Waals surface area contributed by atoms with E-state index in [0.29, 0.717) is 10.0 Å². The van der Waals surface area contributed by atoms with Crippen LogP contribution in [0, 0.1) is 0 Å². The van der Waals surface area contributed by atoms with Gasteiger partial charge in [0.2, 0.25) is 0 Å². The normalized spacial score (nSPS) is 11.0. The fourth-order valence-corrected chi connectivity index (χ4v) is 3.30. The van der Waals surface area contributed by atoms with Crippen molar-refractivity contribution in [3.8, 4) is 22.4 Å². The Morgan fingerprint density at radius 3 is 1.91 bits per heavy atom. The number of hydrogen-bond donors (Lipinski definition) is 1. The number of fused-ring (bicyclic) bond motifs is 1. The average molecular weight is 338 g/mol. The highest BCUT2D eigenvalue weighted by Crippen LogP contribution is 2.42. The van der Waals surface area contributed by atoms with Crippen molar-refractivity contribution in [3.05, 3.63) is 82.8 Å². The van der Waals surface area contributed by atoms with E-state index in [-0.39, 0.29) is 0 Å². The summed E-state index contributed by atoms with van der Waals surface area (Å²) >= 11 is 12.6. The van der Waals surface area contributed by atoms with E-state index in [1.807, 2.05) is 48.5 Å². The highest BCUT2D eigenvalue weighted by Gasteiger charge is 2.17. The molecular weight excluding hydrogens is 325 g/mol. The first kappa shape index (κ1) is 14.4. The number of aromatic nitrogens is 1. The van der Waals surface area contributed by atoms with Crippen molar-refractivity contribution in [1.29, 1.82) is 0 Å². The van der Waals surface area contributed by atoms with Crippen LogP contribution in [0.4, 0.5) is 0 Å². The number of aromatic amines is 1. The lowest BCUT2D eigenvalue weighted by Crippen LogP contribution is -1.82. The molecule has 0 spiro atoms. The van der Waals surface area contributed by atoms with Gasteiger partial charge in [-0.3, -0.25) is 0 Å². The Morgan fingerprint density at radius 1 is 0.652 bits per heavy atom. The summed E-state index contributed by atoms with van der Waals surface area (Å²) in [5.74, 6) is 0. The summed E-state index contributed by atoms with van der Waals surface area (Å²) < 4.78 is 0. The molecule has 3 aromatic carbocycles. The fourth-order valence-electron chi connectivity index (χ4n) is 2.93. The lowest BCUT2D eigenvalue weighted by Gasteiger charge is -2.05. The number of rotatable bonds is 2. The molecule has 1 N–H and O–H groups in total. The molecule has 1 heterocycles. The highest BCUT2D eigenvalue weighted by atomic mass is 35.5. The minimum atomic E-state index is 0.555. The van der Waals surface area contributed by atoms with Gasteiger partial charge in [-0.15, -0.1) is 0 Å². The van der Waals surface area contributed by atoms with E-state index in [2.05, 4.69) is 29.2 Å². The Bertz CT molecular complexity index is 973. The molecule has 23 heavy (non-hydrogen) atoms. The zero-order chi connectivity index (χ0) is 15.8. The second-order valence-electron chi connectivity index (χ2n) is 5.39. The molecule has 0 aliphatic carbocycles. The van der Waals surface area contributed by atoms with Gasteiger partial charge in [0, 0.05) is 10.9 Å². The molecule has 4 aromatic rings. The van der Waals surface area contributed by atoms with Gasteiger partial charge in [-0.2, -0.15) is 0 Å². The maximum absolute atomic E-state index is 6.42. The Labute approximate surface area is 144 Å². The predicted octanol–water partition coefficient (Wildman–Crippen LogP) is 6.81. The van der Waals surface area contributed by atoms with Crippen molar-refractivity contribution in [1.82, 2.24) is 4.98 Å². The van der Waals surface area contributed by atoms with E-state index >= 15 is 0 Å². The van der Waals surface area contributed by atoms with Crippen molar-refractivity contribution in [2.45, 2.75) is 0 Å². The maximum atomic E-state index is 6.42. The summed E-state index contributed by atoms with van der Waals surface area (Å²) in [6, 6.07) is 24.4. The number of hydrogen-bond acceptors (Lipinski definition) is 0. The van der Waals surface area contributed by atoms with Crippen molar-refractivity contribution >= 4 is 34.1 Å². The third-order valence-corrected chi connectivity index (χ3v) is 4.79. The van der Waals surface area contributed by atoms with E-state index in [1.54, 1.807) is 0 Å². The largest absolute Gasteiger partial charge is 0.353 e. The summed E-state index contributed by atoms with van der Waals surface area (Å²) in [6.07, 6.45) is 0. The van der Waals surface area contributed by atoms with Gasteiger partial charge in [0.15, 0.2) is 0 Å². The molecule has 4 rings (SSSR count). The fraction of sp³-hybridized carbons (Fsp3) is 0. The molecule has 0 radical (unpaired) electrons. The molecule has 0 unspecified atom stereocenters. The molecule has 1 nitrogen and oxygen atoms in total. The van der Waals surface area contributed by atoms with Gasteiger partial charge in [-0.1, -0.05) is 89.9 Å². The molecule has 0 aliphatic rings. The monoisotopic (exact) mass is 337 g/mol. The third kappa shape index (κ3) is 2.42. The van der Waals surface area contributed by atoms with Crippen LogP contribution < -0.4 is 0 Å². The molecule has 0 aliphatic heterocycles. The maximum Gasteiger partial charge on any atom is 0.0833 e. The number of H-pyrrole nitrogens is 1. The lowest BCUT2D eigenvalue weighted by molar-refractivity contribution is 1.45. The second-order valence-corrected chi connectivity index (χ2v) is 6.18. The van der Waals surface area contributed by atoms with E-state index in [1.165, 1.54) is 0 Å². The molecule has 0 bridgehead atoms. The van der Waals surface area contributed by atoms with Gasteiger partial charge in [-0.25, -0.2) is 0 Å². The van der Waals surface area contributed by atoms with E-state index in [9.17, 15) is 0 Å². The smallest absolute Gasteiger partial charge is 0.0833 e. The molecule has 0 fully saturated rings. The van der Waals surface area contributed by atoms with Crippen molar-refractivity contribution in [2.24, 2.45) is 0 Å². The number of benzene rings is 3. The molecule has 3 heteroatoms.